The van der Waals surface area contributed by atoms with Gasteiger partial charge in [0.05, 0.1) is 12.0 Å². The highest BCUT2D eigenvalue weighted by Crippen LogP contribution is 2.32. The molecule has 0 unspecified atom stereocenters. The lowest BCUT2D eigenvalue weighted by Crippen LogP contribution is -2.40. The van der Waals surface area contributed by atoms with E-state index >= 15 is 0 Å². The molecule has 7 heteroatoms. The van der Waals surface area contributed by atoms with Gasteiger partial charge in [0.2, 0.25) is 0 Å². The Morgan fingerprint density at radius 2 is 1.96 bits per heavy atom. The van der Waals surface area contributed by atoms with Gasteiger partial charge in [0, 0.05) is 36.4 Å². The van der Waals surface area contributed by atoms with Crippen LogP contribution in [0.5, 0.6) is 0 Å². The second kappa shape index (κ2) is 6.76. The van der Waals surface area contributed by atoms with Gasteiger partial charge in [0.1, 0.15) is 5.56 Å². The highest BCUT2D eigenvalue weighted by Gasteiger charge is 2.32. The zero-order valence-electron chi connectivity index (χ0n) is 14.1. The lowest BCUT2D eigenvalue weighted by atomic mass is 10.0. The van der Waals surface area contributed by atoms with Gasteiger partial charge in [-0.2, -0.15) is 0 Å². The maximum absolute atomic E-state index is 11.9. The number of ether oxygens (including phenoxy) is 1. The molecule has 0 aromatic heterocycles. The first kappa shape index (κ1) is 16.7. The summed E-state index contributed by atoms with van der Waals surface area (Å²) in [5.41, 5.74) is 1.01. The third-order valence-electron chi connectivity index (χ3n) is 4.85. The van der Waals surface area contributed by atoms with E-state index in [0.29, 0.717) is 11.6 Å². The Labute approximate surface area is 141 Å². The zero-order valence-corrected chi connectivity index (χ0v) is 14.1. The van der Waals surface area contributed by atoms with Gasteiger partial charge in [-0.1, -0.05) is 0 Å². The Bertz CT molecular complexity index is 649. The summed E-state index contributed by atoms with van der Waals surface area (Å²) in [6, 6.07) is 4.38. The Morgan fingerprint density at radius 3 is 2.50 bits per heavy atom. The topological polar surface area (TPSA) is 84.7 Å². The molecule has 2 aliphatic rings. The molecule has 1 N–H and O–H groups in total. The second-order valence-electron chi connectivity index (χ2n) is 6.62. The number of rotatable bonds is 5. The van der Waals surface area contributed by atoms with E-state index in [1.54, 1.807) is 13.0 Å². The van der Waals surface area contributed by atoms with E-state index in [2.05, 4.69) is 10.2 Å². The van der Waals surface area contributed by atoms with Gasteiger partial charge in [0.15, 0.2) is 0 Å². The number of carbonyl (C=O) groups excluding carboxylic acids is 1. The molecule has 1 aliphatic heterocycles. The highest BCUT2D eigenvalue weighted by atomic mass is 16.6. The van der Waals surface area contributed by atoms with Crippen LogP contribution in [0, 0.1) is 17.0 Å². The van der Waals surface area contributed by atoms with Crippen LogP contribution in [0.25, 0.3) is 0 Å². The maximum atomic E-state index is 11.9. The van der Waals surface area contributed by atoms with Crippen molar-refractivity contribution in [3.63, 3.8) is 0 Å². The van der Waals surface area contributed by atoms with Crippen LogP contribution in [-0.4, -0.2) is 48.1 Å². The van der Waals surface area contributed by atoms with Crippen molar-refractivity contribution in [2.24, 2.45) is 0 Å². The van der Waals surface area contributed by atoms with Crippen LogP contribution >= 0.6 is 0 Å². The molecule has 1 heterocycles. The minimum absolute atomic E-state index is 0.000386. The number of methoxy groups -OCH3 is 1. The SMILES string of the molecule is COC(=O)c1cc(NC2CCN(C3CC3)CC2)cc(C)c1[N+](=O)[O-]. The van der Waals surface area contributed by atoms with Crippen molar-refractivity contribution < 1.29 is 14.5 Å². The summed E-state index contributed by atoms with van der Waals surface area (Å²) in [4.78, 5) is 25.2. The summed E-state index contributed by atoms with van der Waals surface area (Å²) < 4.78 is 4.70. The van der Waals surface area contributed by atoms with Crippen molar-refractivity contribution >= 4 is 17.3 Å². The highest BCUT2D eigenvalue weighted by molar-refractivity contribution is 5.95. The average Bonchev–Trinajstić information content (AvgIpc) is 3.38. The zero-order chi connectivity index (χ0) is 17.3. The average molecular weight is 333 g/mol. The number of hydrogen-bond acceptors (Lipinski definition) is 6. The van der Waals surface area contributed by atoms with Gasteiger partial charge in [-0.25, -0.2) is 4.79 Å². The molecular weight excluding hydrogens is 310 g/mol. The predicted octanol–water partition coefficient (Wildman–Crippen LogP) is 2.73. The van der Waals surface area contributed by atoms with Crippen molar-refractivity contribution in [1.29, 1.82) is 0 Å². The summed E-state index contributed by atoms with van der Waals surface area (Å²) in [5.74, 6) is -0.683. The van der Waals surface area contributed by atoms with Crippen molar-refractivity contribution in [2.75, 3.05) is 25.5 Å². The van der Waals surface area contributed by atoms with E-state index in [1.165, 1.54) is 26.0 Å². The third-order valence-corrected chi connectivity index (χ3v) is 4.85. The molecule has 1 saturated carbocycles. The minimum atomic E-state index is -0.683. The first-order chi connectivity index (χ1) is 11.5. The number of nitro groups is 1. The molecule has 1 aromatic rings. The van der Waals surface area contributed by atoms with Crippen LogP contribution < -0.4 is 5.32 Å². The lowest BCUT2D eigenvalue weighted by molar-refractivity contribution is -0.385. The fourth-order valence-electron chi connectivity index (χ4n) is 3.46. The summed E-state index contributed by atoms with van der Waals surface area (Å²) >= 11 is 0. The summed E-state index contributed by atoms with van der Waals surface area (Å²) in [5, 5.41) is 14.7. The largest absolute Gasteiger partial charge is 0.465 e. The quantitative estimate of drug-likeness (QED) is 0.507. The monoisotopic (exact) mass is 333 g/mol. The molecule has 2 fully saturated rings. The van der Waals surface area contributed by atoms with E-state index < -0.39 is 10.9 Å². The molecule has 7 nitrogen and oxygen atoms in total. The van der Waals surface area contributed by atoms with E-state index in [9.17, 15) is 14.9 Å². The number of esters is 1. The normalized spacial score (nSPS) is 19.1. The number of nitrogens with one attached hydrogen (secondary N) is 1. The number of likely N-dealkylation sites (tertiary alicyclic amines) is 1. The number of carbonyl (C=O) groups is 1. The van der Waals surface area contributed by atoms with Crippen LogP contribution in [0.1, 0.15) is 41.6 Å². The molecule has 0 bridgehead atoms. The maximum Gasteiger partial charge on any atom is 0.344 e. The van der Waals surface area contributed by atoms with Gasteiger partial charge in [-0.3, -0.25) is 10.1 Å². The third kappa shape index (κ3) is 3.51. The summed E-state index contributed by atoms with van der Waals surface area (Å²) in [6.07, 6.45) is 4.73. The Hall–Kier alpha value is -2.15. The van der Waals surface area contributed by atoms with Gasteiger partial charge in [0.25, 0.3) is 5.69 Å². The number of hydrogen-bond donors (Lipinski definition) is 1. The number of nitrogens with zero attached hydrogens (tertiary/aromatic N) is 2. The van der Waals surface area contributed by atoms with Gasteiger partial charge in [-0.15, -0.1) is 0 Å². The number of anilines is 1. The first-order valence-electron chi connectivity index (χ1n) is 8.37. The Balaban J connectivity index is 1.74. The number of aryl methyl sites for hydroxylation is 1. The smallest absolute Gasteiger partial charge is 0.344 e. The molecule has 1 saturated heterocycles. The fraction of sp³-hybridized carbons (Fsp3) is 0.588. The van der Waals surface area contributed by atoms with Crippen LogP contribution in [-0.2, 0) is 4.74 Å². The number of nitro benzene ring substituents is 1. The standard InChI is InChI=1S/C17H23N3O4/c1-11-9-13(10-15(17(21)24-2)16(11)20(22)23)18-12-5-7-19(8-6-12)14-3-4-14/h9-10,12,14,18H,3-8H2,1-2H3. The summed E-state index contributed by atoms with van der Waals surface area (Å²) in [7, 11) is 1.23. The van der Waals surface area contributed by atoms with Crippen LogP contribution in [0.2, 0.25) is 0 Å². The molecule has 130 valence electrons. The van der Waals surface area contributed by atoms with E-state index in [4.69, 9.17) is 4.74 Å². The van der Waals surface area contributed by atoms with Gasteiger partial charge < -0.3 is 15.0 Å². The van der Waals surface area contributed by atoms with Gasteiger partial charge in [-0.05, 0) is 44.7 Å². The van der Waals surface area contributed by atoms with Crippen molar-refractivity contribution in [3.05, 3.63) is 33.4 Å². The van der Waals surface area contributed by atoms with Crippen LogP contribution in [0.3, 0.4) is 0 Å². The molecule has 0 atom stereocenters. The molecule has 1 aromatic carbocycles. The van der Waals surface area contributed by atoms with E-state index in [0.717, 1.165) is 37.7 Å². The van der Waals surface area contributed by atoms with Gasteiger partial charge >= 0.3 is 5.97 Å². The van der Waals surface area contributed by atoms with E-state index in [1.807, 2.05) is 0 Å². The Kier molecular flexibility index (Phi) is 4.71. The predicted molar refractivity (Wildman–Crippen MR) is 90.4 cm³/mol. The molecule has 0 spiro atoms. The molecule has 0 amide bonds. The van der Waals surface area contributed by atoms with Crippen LogP contribution in [0.4, 0.5) is 11.4 Å². The first-order valence-corrected chi connectivity index (χ1v) is 8.37. The number of piperidine rings is 1. The summed E-state index contributed by atoms with van der Waals surface area (Å²) in [6.45, 7) is 3.81. The van der Waals surface area contributed by atoms with Crippen molar-refractivity contribution in [1.82, 2.24) is 4.90 Å². The van der Waals surface area contributed by atoms with Crippen molar-refractivity contribution in [2.45, 2.75) is 44.7 Å². The van der Waals surface area contributed by atoms with Crippen LogP contribution in [0.15, 0.2) is 12.1 Å². The second-order valence-corrected chi connectivity index (χ2v) is 6.62. The number of benzene rings is 1. The van der Waals surface area contributed by atoms with Crippen molar-refractivity contribution in [3.8, 4) is 0 Å². The molecule has 24 heavy (non-hydrogen) atoms. The molecule has 0 radical (unpaired) electrons. The fourth-order valence-corrected chi connectivity index (χ4v) is 3.46. The Morgan fingerprint density at radius 1 is 1.29 bits per heavy atom. The minimum Gasteiger partial charge on any atom is -0.465 e. The molecule has 3 rings (SSSR count). The molecule has 1 aliphatic carbocycles. The lowest BCUT2D eigenvalue weighted by Gasteiger charge is -2.33. The molecular formula is C17H23N3O4. The van der Waals surface area contributed by atoms with E-state index in [-0.39, 0.29) is 11.3 Å².